The third-order valence-corrected chi connectivity index (χ3v) is 5.78. The molecule has 30 heavy (non-hydrogen) atoms. The van der Waals surface area contributed by atoms with Gasteiger partial charge < -0.3 is 9.47 Å². The van der Waals surface area contributed by atoms with Crippen molar-refractivity contribution in [3.63, 3.8) is 0 Å². The molecule has 1 atom stereocenters. The number of hydrogen-bond donors (Lipinski definition) is 0. The number of halogens is 3. The highest BCUT2D eigenvalue weighted by Crippen LogP contribution is 2.34. The fraction of sp³-hybridized carbons (Fsp3) is 0.458. The van der Waals surface area contributed by atoms with Crippen LogP contribution in [-0.2, 0) is 12.7 Å². The number of imidazole rings is 1. The molecule has 162 valence electrons. The lowest BCUT2D eigenvalue weighted by atomic mass is 9.95. The molecule has 1 heterocycles. The SMILES string of the molecule is CCC(c1ccccc1)c1nc2cc(C(F)(F)F)ccc2n1CCCN(CC)CC. The van der Waals surface area contributed by atoms with Crippen LogP contribution >= 0.6 is 0 Å². The second-order valence-corrected chi connectivity index (χ2v) is 7.57. The van der Waals surface area contributed by atoms with Crippen LogP contribution in [0.15, 0.2) is 48.5 Å². The molecule has 2 aromatic carbocycles. The highest BCUT2D eigenvalue weighted by atomic mass is 19.4. The monoisotopic (exact) mass is 417 g/mol. The van der Waals surface area contributed by atoms with Gasteiger partial charge in [-0.15, -0.1) is 0 Å². The Labute approximate surface area is 176 Å². The number of rotatable bonds is 9. The molecule has 0 aliphatic carbocycles. The Kier molecular flexibility index (Phi) is 7.19. The molecule has 0 amide bonds. The standard InChI is InChI=1S/C24H30F3N3/c1-4-20(18-11-8-7-9-12-18)23-28-21-17-19(24(25,26)27)13-14-22(21)30(23)16-10-15-29(5-2)6-3/h7-9,11-14,17,20H,4-6,10,15-16H2,1-3H3. The molecule has 0 saturated carbocycles. The van der Waals surface area contributed by atoms with Gasteiger partial charge in [0.05, 0.1) is 16.6 Å². The lowest BCUT2D eigenvalue weighted by molar-refractivity contribution is -0.137. The number of aryl methyl sites for hydroxylation is 1. The van der Waals surface area contributed by atoms with Crippen LogP contribution in [-0.4, -0.2) is 34.1 Å². The minimum Gasteiger partial charge on any atom is -0.327 e. The second kappa shape index (κ2) is 9.65. The van der Waals surface area contributed by atoms with Crippen molar-refractivity contribution in [3.05, 3.63) is 65.5 Å². The number of aromatic nitrogens is 2. The molecule has 0 aliphatic rings. The first-order chi connectivity index (χ1) is 14.4. The van der Waals surface area contributed by atoms with Gasteiger partial charge in [0.15, 0.2) is 0 Å². The molecule has 0 bridgehead atoms. The van der Waals surface area contributed by atoms with Gasteiger partial charge in [0.25, 0.3) is 0 Å². The Balaban J connectivity index is 2.04. The molecule has 0 aliphatic heterocycles. The molecule has 3 aromatic rings. The van der Waals surface area contributed by atoms with Crippen LogP contribution in [0, 0.1) is 0 Å². The average molecular weight is 418 g/mol. The van der Waals surface area contributed by atoms with E-state index in [1.165, 1.54) is 6.07 Å². The average Bonchev–Trinajstić information content (AvgIpc) is 3.09. The van der Waals surface area contributed by atoms with E-state index in [0.717, 1.165) is 62.0 Å². The summed E-state index contributed by atoms with van der Waals surface area (Å²) >= 11 is 0. The molecule has 0 spiro atoms. The van der Waals surface area contributed by atoms with Gasteiger partial charge in [-0.25, -0.2) is 4.98 Å². The van der Waals surface area contributed by atoms with E-state index in [2.05, 4.69) is 42.4 Å². The summed E-state index contributed by atoms with van der Waals surface area (Å²) in [5.41, 5.74) is 1.67. The first-order valence-electron chi connectivity index (χ1n) is 10.7. The second-order valence-electron chi connectivity index (χ2n) is 7.57. The summed E-state index contributed by atoms with van der Waals surface area (Å²) in [6.07, 6.45) is -2.62. The van der Waals surface area contributed by atoms with Gasteiger partial charge in [0.1, 0.15) is 5.82 Å². The van der Waals surface area contributed by atoms with E-state index in [1.807, 2.05) is 18.2 Å². The Morgan fingerprint density at radius 3 is 2.30 bits per heavy atom. The smallest absolute Gasteiger partial charge is 0.327 e. The third kappa shape index (κ3) is 4.86. The molecule has 0 fully saturated rings. The molecule has 1 aromatic heterocycles. The van der Waals surface area contributed by atoms with Crippen molar-refractivity contribution in [2.24, 2.45) is 0 Å². The zero-order chi connectivity index (χ0) is 21.7. The summed E-state index contributed by atoms with van der Waals surface area (Å²) in [6, 6.07) is 14.0. The maximum absolute atomic E-state index is 13.2. The van der Waals surface area contributed by atoms with Crippen molar-refractivity contribution in [1.82, 2.24) is 14.5 Å². The van der Waals surface area contributed by atoms with Crippen LogP contribution in [0.4, 0.5) is 13.2 Å². The summed E-state index contributed by atoms with van der Waals surface area (Å²) in [4.78, 5) is 7.08. The van der Waals surface area contributed by atoms with Crippen LogP contribution < -0.4 is 0 Å². The van der Waals surface area contributed by atoms with Crippen LogP contribution in [0.2, 0.25) is 0 Å². The Morgan fingerprint density at radius 1 is 1.00 bits per heavy atom. The van der Waals surface area contributed by atoms with Crippen LogP contribution in [0.25, 0.3) is 11.0 Å². The number of benzene rings is 2. The lowest BCUT2D eigenvalue weighted by Crippen LogP contribution is -2.25. The van der Waals surface area contributed by atoms with Crippen molar-refractivity contribution in [3.8, 4) is 0 Å². The molecule has 3 rings (SSSR count). The molecular formula is C24H30F3N3. The largest absolute Gasteiger partial charge is 0.416 e. The van der Waals surface area contributed by atoms with Gasteiger partial charge >= 0.3 is 6.18 Å². The van der Waals surface area contributed by atoms with E-state index in [-0.39, 0.29) is 5.92 Å². The Bertz CT molecular complexity index is 943. The lowest BCUT2D eigenvalue weighted by Gasteiger charge is -2.20. The number of alkyl halides is 3. The van der Waals surface area contributed by atoms with Crippen molar-refractivity contribution in [1.29, 1.82) is 0 Å². The van der Waals surface area contributed by atoms with E-state index < -0.39 is 11.7 Å². The fourth-order valence-corrected chi connectivity index (χ4v) is 4.07. The predicted molar refractivity (Wildman–Crippen MR) is 116 cm³/mol. The first-order valence-corrected chi connectivity index (χ1v) is 10.7. The maximum atomic E-state index is 13.2. The van der Waals surface area contributed by atoms with E-state index in [0.29, 0.717) is 5.52 Å². The highest BCUT2D eigenvalue weighted by molar-refractivity contribution is 5.77. The van der Waals surface area contributed by atoms with Crippen molar-refractivity contribution < 1.29 is 13.2 Å². The Morgan fingerprint density at radius 2 is 1.70 bits per heavy atom. The molecule has 0 N–H and O–H groups in total. The normalized spacial score (nSPS) is 13.3. The van der Waals surface area contributed by atoms with E-state index >= 15 is 0 Å². The van der Waals surface area contributed by atoms with E-state index in [4.69, 9.17) is 4.98 Å². The zero-order valence-corrected chi connectivity index (χ0v) is 17.9. The maximum Gasteiger partial charge on any atom is 0.416 e. The summed E-state index contributed by atoms with van der Waals surface area (Å²) in [6.45, 7) is 10.0. The van der Waals surface area contributed by atoms with Crippen molar-refractivity contribution in [2.75, 3.05) is 19.6 Å². The first kappa shape index (κ1) is 22.3. The van der Waals surface area contributed by atoms with Crippen LogP contribution in [0.3, 0.4) is 0 Å². The number of fused-ring (bicyclic) bond motifs is 1. The summed E-state index contributed by atoms with van der Waals surface area (Å²) in [5.74, 6) is 0.888. The van der Waals surface area contributed by atoms with E-state index in [9.17, 15) is 13.2 Å². The number of nitrogens with zero attached hydrogens (tertiary/aromatic N) is 3. The molecule has 0 saturated heterocycles. The summed E-state index contributed by atoms with van der Waals surface area (Å²) < 4.78 is 41.9. The van der Waals surface area contributed by atoms with Gasteiger partial charge in [-0.2, -0.15) is 13.2 Å². The van der Waals surface area contributed by atoms with Crippen LogP contribution in [0.1, 0.15) is 56.5 Å². The van der Waals surface area contributed by atoms with Gasteiger partial charge in [-0.05, 0) is 56.2 Å². The van der Waals surface area contributed by atoms with Crippen LogP contribution in [0.5, 0.6) is 0 Å². The molecule has 0 radical (unpaired) electrons. The summed E-state index contributed by atoms with van der Waals surface area (Å²) in [5, 5.41) is 0. The van der Waals surface area contributed by atoms with Gasteiger partial charge in [0, 0.05) is 12.5 Å². The minimum atomic E-state index is -4.37. The Hall–Kier alpha value is -2.34. The van der Waals surface area contributed by atoms with Gasteiger partial charge in [-0.1, -0.05) is 51.1 Å². The van der Waals surface area contributed by atoms with E-state index in [1.54, 1.807) is 6.07 Å². The topological polar surface area (TPSA) is 21.1 Å². The molecule has 6 heteroatoms. The third-order valence-electron chi connectivity index (χ3n) is 5.78. The van der Waals surface area contributed by atoms with Gasteiger partial charge in [-0.3, -0.25) is 0 Å². The number of hydrogen-bond acceptors (Lipinski definition) is 2. The van der Waals surface area contributed by atoms with Crippen molar-refractivity contribution >= 4 is 11.0 Å². The van der Waals surface area contributed by atoms with Gasteiger partial charge in [0.2, 0.25) is 0 Å². The molecule has 1 unspecified atom stereocenters. The predicted octanol–water partition coefficient (Wildman–Crippen LogP) is 6.33. The molecular weight excluding hydrogens is 387 g/mol. The fourth-order valence-electron chi connectivity index (χ4n) is 4.07. The van der Waals surface area contributed by atoms with Crippen molar-refractivity contribution in [2.45, 2.75) is 52.3 Å². The quantitative estimate of drug-likeness (QED) is 0.406. The zero-order valence-electron chi connectivity index (χ0n) is 17.9. The minimum absolute atomic E-state index is 0.0430. The molecule has 3 nitrogen and oxygen atoms in total. The summed E-state index contributed by atoms with van der Waals surface area (Å²) in [7, 11) is 0. The highest BCUT2D eigenvalue weighted by Gasteiger charge is 2.31.